The van der Waals surface area contributed by atoms with Crippen LogP contribution < -0.4 is 9.47 Å². The summed E-state index contributed by atoms with van der Waals surface area (Å²) in [6.07, 6.45) is 0. The van der Waals surface area contributed by atoms with Gasteiger partial charge in [-0.05, 0) is 18.2 Å². The summed E-state index contributed by atoms with van der Waals surface area (Å²) in [7, 11) is 1.54. The normalized spacial score (nSPS) is 10.4. The average molecular weight is 390 g/mol. The lowest BCUT2D eigenvalue weighted by Gasteiger charge is -2.09. The van der Waals surface area contributed by atoms with Crippen LogP contribution in [0.2, 0.25) is 5.02 Å². The van der Waals surface area contributed by atoms with Gasteiger partial charge < -0.3 is 14.2 Å². The molecule has 2 aromatic carbocycles. The summed E-state index contributed by atoms with van der Waals surface area (Å²) in [5, 5.41) is 3.26. The number of carbonyl (C=O) groups excluding carboxylic acids is 1. The molecule has 0 amide bonds. The topological polar surface area (TPSA) is 57.7 Å². The minimum atomic E-state index is -0.483. The number of hydrogen-bond acceptors (Lipinski definition) is 6. The number of aromatic nitrogens is 1. The molecule has 5 nitrogen and oxygen atoms in total. The maximum Gasteiger partial charge on any atom is 0.344 e. The molecule has 134 valence electrons. The van der Waals surface area contributed by atoms with Crippen LogP contribution in [0.3, 0.4) is 0 Å². The van der Waals surface area contributed by atoms with Crippen molar-refractivity contribution in [2.45, 2.75) is 6.61 Å². The van der Waals surface area contributed by atoms with Gasteiger partial charge in [-0.15, -0.1) is 11.3 Å². The molecule has 0 atom stereocenters. The molecule has 0 fully saturated rings. The minimum Gasteiger partial charge on any atom is -0.493 e. The fourth-order valence-corrected chi connectivity index (χ4v) is 3.33. The number of thiazole rings is 1. The van der Waals surface area contributed by atoms with Crippen molar-refractivity contribution in [1.82, 2.24) is 4.98 Å². The van der Waals surface area contributed by atoms with Crippen molar-refractivity contribution < 1.29 is 19.0 Å². The monoisotopic (exact) mass is 389 g/mol. The third-order valence-electron chi connectivity index (χ3n) is 3.45. The molecule has 3 aromatic rings. The van der Waals surface area contributed by atoms with Gasteiger partial charge in [0.25, 0.3) is 0 Å². The van der Waals surface area contributed by atoms with Crippen LogP contribution in [0, 0.1) is 0 Å². The second-order valence-electron chi connectivity index (χ2n) is 5.22. The first-order valence-electron chi connectivity index (χ1n) is 7.78. The first-order chi connectivity index (χ1) is 12.7. The van der Waals surface area contributed by atoms with E-state index in [-0.39, 0.29) is 13.2 Å². The molecule has 0 bridgehead atoms. The van der Waals surface area contributed by atoms with E-state index in [4.69, 9.17) is 25.8 Å². The van der Waals surface area contributed by atoms with E-state index in [0.29, 0.717) is 22.2 Å². The first kappa shape index (κ1) is 18.2. The van der Waals surface area contributed by atoms with Gasteiger partial charge in [0, 0.05) is 10.9 Å². The standard InChI is InChI=1S/C19H16ClNO4S/c1-23-16-8-4-5-9-17(16)24-11-18(22)25-10-13-12-26-19(21-13)14-6-2-3-7-15(14)20/h2-9,12H,10-11H2,1H3. The summed E-state index contributed by atoms with van der Waals surface area (Å²) in [5.74, 6) is 0.564. The summed E-state index contributed by atoms with van der Waals surface area (Å²) >= 11 is 7.62. The number of carbonyl (C=O) groups is 1. The van der Waals surface area contributed by atoms with Gasteiger partial charge in [0.1, 0.15) is 11.6 Å². The Hall–Kier alpha value is -2.57. The van der Waals surface area contributed by atoms with E-state index in [1.54, 1.807) is 25.3 Å². The van der Waals surface area contributed by atoms with Crippen molar-refractivity contribution >= 4 is 28.9 Å². The maximum absolute atomic E-state index is 11.9. The molecule has 0 saturated heterocycles. The second kappa shape index (κ2) is 8.69. The molecule has 0 spiro atoms. The first-order valence-corrected chi connectivity index (χ1v) is 9.04. The third-order valence-corrected chi connectivity index (χ3v) is 4.71. The number of benzene rings is 2. The molecule has 3 rings (SSSR count). The van der Waals surface area contributed by atoms with Crippen LogP contribution in [0.15, 0.2) is 53.9 Å². The molecule has 0 unspecified atom stereocenters. The molecule has 0 aliphatic rings. The van der Waals surface area contributed by atoms with Crippen LogP contribution in [-0.4, -0.2) is 24.7 Å². The number of methoxy groups -OCH3 is 1. The van der Waals surface area contributed by atoms with E-state index in [1.165, 1.54) is 11.3 Å². The lowest BCUT2D eigenvalue weighted by Crippen LogP contribution is -2.15. The van der Waals surface area contributed by atoms with Crippen molar-refractivity contribution in [3.63, 3.8) is 0 Å². The van der Waals surface area contributed by atoms with Crippen LogP contribution in [0.25, 0.3) is 10.6 Å². The summed E-state index contributed by atoms with van der Waals surface area (Å²) in [5.41, 5.74) is 1.52. The van der Waals surface area contributed by atoms with Gasteiger partial charge in [-0.25, -0.2) is 9.78 Å². The number of ether oxygens (including phenoxy) is 3. The SMILES string of the molecule is COc1ccccc1OCC(=O)OCc1csc(-c2ccccc2Cl)n1. The summed E-state index contributed by atoms with van der Waals surface area (Å²) < 4.78 is 15.8. The van der Waals surface area contributed by atoms with E-state index in [0.717, 1.165) is 10.6 Å². The molecular formula is C19H16ClNO4S. The number of hydrogen-bond donors (Lipinski definition) is 0. The van der Waals surface area contributed by atoms with E-state index in [2.05, 4.69) is 4.98 Å². The molecule has 1 heterocycles. The highest BCUT2D eigenvalue weighted by atomic mass is 35.5. The Balaban J connectivity index is 1.53. The zero-order valence-corrected chi connectivity index (χ0v) is 15.5. The molecule has 0 aliphatic carbocycles. The van der Waals surface area contributed by atoms with E-state index >= 15 is 0 Å². The Morgan fingerprint density at radius 1 is 1.12 bits per heavy atom. The largest absolute Gasteiger partial charge is 0.493 e. The Morgan fingerprint density at radius 2 is 1.85 bits per heavy atom. The Morgan fingerprint density at radius 3 is 2.62 bits per heavy atom. The van der Waals surface area contributed by atoms with Crippen molar-refractivity contribution in [2.24, 2.45) is 0 Å². The smallest absolute Gasteiger partial charge is 0.344 e. The predicted molar refractivity (Wildman–Crippen MR) is 101 cm³/mol. The van der Waals surface area contributed by atoms with E-state index in [9.17, 15) is 4.79 Å². The fourth-order valence-electron chi connectivity index (χ4n) is 2.20. The van der Waals surface area contributed by atoms with Gasteiger partial charge >= 0.3 is 5.97 Å². The number of para-hydroxylation sites is 2. The van der Waals surface area contributed by atoms with Crippen molar-refractivity contribution in [1.29, 1.82) is 0 Å². The average Bonchev–Trinajstić information content (AvgIpc) is 3.14. The quantitative estimate of drug-likeness (QED) is 0.553. The lowest BCUT2D eigenvalue weighted by atomic mass is 10.2. The number of esters is 1. The van der Waals surface area contributed by atoms with Gasteiger partial charge in [0.2, 0.25) is 0 Å². The van der Waals surface area contributed by atoms with Gasteiger partial charge in [0.05, 0.1) is 17.8 Å². The Kier molecular flexibility index (Phi) is 6.09. The lowest BCUT2D eigenvalue weighted by molar-refractivity contribution is -0.147. The van der Waals surface area contributed by atoms with Crippen LogP contribution in [0.1, 0.15) is 5.69 Å². The molecule has 1 aromatic heterocycles. The number of halogens is 1. The van der Waals surface area contributed by atoms with E-state index in [1.807, 2.05) is 35.7 Å². The molecule has 0 saturated carbocycles. The van der Waals surface area contributed by atoms with Gasteiger partial charge in [-0.2, -0.15) is 0 Å². The zero-order chi connectivity index (χ0) is 18.4. The van der Waals surface area contributed by atoms with Crippen LogP contribution >= 0.6 is 22.9 Å². The third kappa shape index (κ3) is 4.53. The van der Waals surface area contributed by atoms with Gasteiger partial charge in [-0.1, -0.05) is 41.9 Å². The van der Waals surface area contributed by atoms with Crippen LogP contribution in [0.5, 0.6) is 11.5 Å². The van der Waals surface area contributed by atoms with Crippen molar-refractivity contribution in [3.8, 4) is 22.1 Å². The number of nitrogens with zero attached hydrogens (tertiary/aromatic N) is 1. The molecule has 0 N–H and O–H groups in total. The van der Waals surface area contributed by atoms with Gasteiger partial charge in [-0.3, -0.25) is 0 Å². The molecule has 0 aliphatic heterocycles. The molecule has 0 radical (unpaired) electrons. The van der Waals surface area contributed by atoms with E-state index < -0.39 is 5.97 Å². The summed E-state index contributed by atoms with van der Waals surface area (Å²) in [6.45, 7) is -0.128. The van der Waals surface area contributed by atoms with Crippen LogP contribution in [-0.2, 0) is 16.1 Å². The molecule has 7 heteroatoms. The maximum atomic E-state index is 11.9. The summed E-state index contributed by atoms with van der Waals surface area (Å²) in [4.78, 5) is 16.3. The highest BCUT2D eigenvalue weighted by Crippen LogP contribution is 2.30. The highest BCUT2D eigenvalue weighted by molar-refractivity contribution is 7.13. The zero-order valence-electron chi connectivity index (χ0n) is 14.0. The molecule has 26 heavy (non-hydrogen) atoms. The molecular weight excluding hydrogens is 374 g/mol. The highest BCUT2D eigenvalue weighted by Gasteiger charge is 2.11. The fraction of sp³-hybridized carbons (Fsp3) is 0.158. The van der Waals surface area contributed by atoms with Crippen molar-refractivity contribution in [3.05, 3.63) is 64.6 Å². The predicted octanol–water partition coefficient (Wildman–Crippen LogP) is 4.59. The van der Waals surface area contributed by atoms with Crippen molar-refractivity contribution in [2.75, 3.05) is 13.7 Å². The Bertz CT molecular complexity index is 897. The van der Waals surface area contributed by atoms with Crippen LogP contribution in [0.4, 0.5) is 0 Å². The Labute approximate surface area is 160 Å². The number of rotatable bonds is 7. The summed E-state index contributed by atoms with van der Waals surface area (Å²) in [6, 6.07) is 14.6. The van der Waals surface area contributed by atoms with Gasteiger partial charge in [0.15, 0.2) is 18.1 Å². The minimum absolute atomic E-state index is 0.0784. The second-order valence-corrected chi connectivity index (χ2v) is 6.49.